The molecule has 0 atom stereocenters. The normalized spacial score (nSPS) is 9.42. The molecule has 0 aliphatic heterocycles. The lowest BCUT2D eigenvalue weighted by Gasteiger charge is -1.90. The van der Waals surface area contributed by atoms with Crippen LogP contribution in [0.15, 0.2) is 34.9 Å². The first-order chi connectivity index (χ1) is 5.92. The monoisotopic (exact) mass is 160 g/mol. The Labute approximate surface area is 68.8 Å². The van der Waals surface area contributed by atoms with E-state index in [-0.39, 0.29) is 0 Å². The average Bonchev–Trinajstić information content (AvgIpc) is 2.53. The van der Waals surface area contributed by atoms with Crippen molar-refractivity contribution in [2.75, 3.05) is 0 Å². The lowest BCUT2D eigenvalue weighted by Crippen LogP contribution is -1.73. The quantitative estimate of drug-likeness (QED) is 0.540. The van der Waals surface area contributed by atoms with Crippen molar-refractivity contribution in [3.8, 4) is 12.1 Å². The van der Waals surface area contributed by atoms with Crippen LogP contribution >= 0.6 is 0 Å². The van der Waals surface area contributed by atoms with Crippen molar-refractivity contribution < 1.29 is 8.81 Å². The van der Waals surface area contributed by atoms with Gasteiger partial charge in [0.05, 0.1) is 6.26 Å². The van der Waals surface area contributed by atoms with Crippen molar-refractivity contribution in [3.63, 3.8) is 0 Å². The van der Waals surface area contributed by atoms with E-state index in [9.17, 15) is 4.39 Å². The van der Waals surface area contributed by atoms with Crippen LogP contribution in [0.3, 0.4) is 0 Å². The third-order valence-corrected chi connectivity index (χ3v) is 1.68. The van der Waals surface area contributed by atoms with Gasteiger partial charge in [-0.15, -0.1) is 4.39 Å². The van der Waals surface area contributed by atoms with Gasteiger partial charge in [-0.2, -0.15) is 0 Å². The topological polar surface area (TPSA) is 13.1 Å². The molecule has 0 N–H and O–H groups in total. The second-order valence-corrected chi connectivity index (χ2v) is 2.36. The molecule has 0 saturated carbocycles. The molecule has 1 heterocycles. The molecule has 0 fully saturated rings. The van der Waals surface area contributed by atoms with Crippen LogP contribution in [0.1, 0.15) is 5.56 Å². The number of halogens is 1. The van der Waals surface area contributed by atoms with Gasteiger partial charge < -0.3 is 4.42 Å². The van der Waals surface area contributed by atoms with Gasteiger partial charge in [-0.25, -0.2) is 0 Å². The van der Waals surface area contributed by atoms with Gasteiger partial charge in [0, 0.05) is 10.9 Å². The van der Waals surface area contributed by atoms with Crippen molar-refractivity contribution in [2.24, 2.45) is 0 Å². The molecule has 0 spiro atoms. The maximum absolute atomic E-state index is 11.7. The van der Waals surface area contributed by atoms with Gasteiger partial charge in [-0.3, -0.25) is 0 Å². The molecule has 1 aromatic carbocycles. The largest absolute Gasteiger partial charge is 0.464 e. The summed E-state index contributed by atoms with van der Waals surface area (Å²) in [5, 5.41) is 0.850. The minimum Gasteiger partial charge on any atom is -0.464 e. The molecule has 2 rings (SSSR count). The fourth-order valence-corrected chi connectivity index (χ4v) is 1.15. The molecule has 2 heteroatoms. The van der Waals surface area contributed by atoms with Crippen molar-refractivity contribution >= 4 is 11.0 Å². The molecule has 1 nitrogen and oxygen atoms in total. The summed E-state index contributed by atoms with van der Waals surface area (Å²) in [6.45, 7) is 0. The fourth-order valence-electron chi connectivity index (χ4n) is 1.15. The highest BCUT2D eigenvalue weighted by molar-refractivity contribution is 5.83. The van der Waals surface area contributed by atoms with Gasteiger partial charge in [0.1, 0.15) is 11.8 Å². The Hall–Kier alpha value is -1.75. The fraction of sp³-hybridized carbons (Fsp3) is 0. The molecule has 1 aromatic heterocycles. The van der Waals surface area contributed by atoms with E-state index in [1.807, 2.05) is 6.07 Å². The average molecular weight is 160 g/mol. The molecule has 0 radical (unpaired) electrons. The Kier molecular flexibility index (Phi) is 1.56. The van der Waals surface area contributed by atoms with Crippen molar-refractivity contribution in [2.45, 2.75) is 0 Å². The summed E-state index contributed by atoms with van der Waals surface area (Å²) in [6.07, 6.45) is 2.94. The summed E-state index contributed by atoms with van der Waals surface area (Å²) in [5.74, 6) is 2.36. The minimum atomic E-state index is 0.656. The smallest absolute Gasteiger partial charge is 0.135 e. The molecule has 58 valence electrons. The van der Waals surface area contributed by atoms with Crippen LogP contribution in [0.5, 0.6) is 0 Å². The van der Waals surface area contributed by atoms with E-state index in [1.165, 1.54) is 6.17 Å². The summed E-state index contributed by atoms with van der Waals surface area (Å²) in [5.41, 5.74) is 1.39. The molecule has 0 bridgehead atoms. The molecule has 0 aliphatic carbocycles. The first-order valence-corrected chi connectivity index (χ1v) is 3.49. The standard InChI is InChI=1S/C10H5FO/c11-6-4-8-2-1-3-10-9(8)5-7-12-10/h1-3,5,7H. The van der Waals surface area contributed by atoms with Gasteiger partial charge in [-0.1, -0.05) is 6.07 Å². The zero-order valence-corrected chi connectivity index (χ0v) is 6.17. The maximum Gasteiger partial charge on any atom is 0.135 e. The predicted octanol–water partition coefficient (Wildman–Crippen LogP) is 2.71. The number of fused-ring (bicyclic) bond motifs is 1. The highest BCUT2D eigenvalue weighted by atomic mass is 19.1. The van der Waals surface area contributed by atoms with Crippen molar-refractivity contribution in [1.29, 1.82) is 0 Å². The van der Waals surface area contributed by atoms with Gasteiger partial charge in [0.2, 0.25) is 0 Å². The van der Waals surface area contributed by atoms with E-state index in [1.54, 1.807) is 24.5 Å². The molecule has 2 aromatic rings. The number of hydrogen-bond acceptors (Lipinski definition) is 1. The van der Waals surface area contributed by atoms with E-state index >= 15 is 0 Å². The predicted molar refractivity (Wildman–Crippen MR) is 44.2 cm³/mol. The van der Waals surface area contributed by atoms with Gasteiger partial charge in [0.15, 0.2) is 0 Å². The number of rotatable bonds is 0. The van der Waals surface area contributed by atoms with Crippen LogP contribution in [-0.4, -0.2) is 0 Å². The van der Waals surface area contributed by atoms with E-state index < -0.39 is 0 Å². The summed E-state index contributed by atoms with van der Waals surface area (Å²) >= 11 is 0. The summed E-state index contributed by atoms with van der Waals surface area (Å²) in [4.78, 5) is 0. The summed E-state index contributed by atoms with van der Waals surface area (Å²) in [7, 11) is 0. The van der Waals surface area contributed by atoms with Crippen molar-refractivity contribution in [1.82, 2.24) is 0 Å². The minimum absolute atomic E-state index is 0.656. The molecule has 0 amide bonds. The van der Waals surface area contributed by atoms with Crippen LogP contribution < -0.4 is 0 Å². The van der Waals surface area contributed by atoms with Gasteiger partial charge in [-0.05, 0) is 24.1 Å². The third-order valence-electron chi connectivity index (χ3n) is 1.68. The summed E-state index contributed by atoms with van der Waals surface area (Å²) < 4.78 is 16.8. The van der Waals surface area contributed by atoms with Crippen LogP contribution in [-0.2, 0) is 0 Å². The lowest BCUT2D eigenvalue weighted by atomic mass is 10.1. The second kappa shape index (κ2) is 2.71. The zero-order valence-electron chi connectivity index (χ0n) is 6.17. The molecule has 0 unspecified atom stereocenters. The molecular formula is C10H5FO. The Balaban J connectivity index is 2.79. The highest BCUT2D eigenvalue weighted by Crippen LogP contribution is 2.18. The Morgan fingerprint density at radius 1 is 1.25 bits per heavy atom. The second-order valence-electron chi connectivity index (χ2n) is 2.36. The number of hydrogen-bond donors (Lipinski definition) is 0. The van der Waals surface area contributed by atoms with Crippen LogP contribution in [0.25, 0.3) is 11.0 Å². The van der Waals surface area contributed by atoms with Gasteiger partial charge >= 0.3 is 0 Å². The lowest BCUT2D eigenvalue weighted by molar-refractivity contribution is 0.616. The number of furan rings is 1. The number of benzene rings is 1. The SMILES string of the molecule is FC#Cc1cccc2occc12. The zero-order chi connectivity index (χ0) is 8.39. The molecular weight excluding hydrogens is 155 g/mol. The van der Waals surface area contributed by atoms with E-state index in [0.717, 1.165) is 11.0 Å². The molecule has 12 heavy (non-hydrogen) atoms. The van der Waals surface area contributed by atoms with E-state index in [4.69, 9.17) is 4.42 Å². The maximum atomic E-state index is 11.7. The molecule has 0 saturated heterocycles. The van der Waals surface area contributed by atoms with Crippen LogP contribution in [0.2, 0.25) is 0 Å². The third kappa shape index (κ3) is 0.960. The first-order valence-electron chi connectivity index (χ1n) is 3.49. The summed E-state index contributed by atoms with van der Waals surface area (Å²) in [6, 6.07) is 7.13. The molecule has 0 aliphatic rings. The highest BCUT2D eigenvalue weighted by Gasteiger charge is 1.99. The Bertz CT molecular complexity index is 459. The van der Waals surface area contributed by atoms with Gasteiger partial charge in [0.25, 0.3) is 0 Å². The van der Waals surface area contributed by atoms with Crippen LogP contribution in [0.4, 0.5) is 4.39 Å². The Morgan fingerprint density at radius 3 is 3.00 bits per heavy atom. The van der Waals surface area contributed by atoms with Crippen LogP contribution in [0, 0.1) is 12.1 Å². The first kappa shape index (κ1) is 6.93. The van der Waals surface area contributed by atoms with Crippen molar-refractivity contribution in [3.05, 3.63) is 36.1 Å². The van der Waals surface area contributed by atoms with E-state index in [0.29, 0.717) is 5.56 Å². The van der Waals surface area contributed by atoms with E-state index in [2.05, 4.69) is 5.92 Å². The Morgan fingerprint density at radius 2 is 2.17 bits per heavy atom.